The van der Waals surface area contributed by atoms with Crippen molar-refractivity contribution in [3.8, 4) is 5.75 Å². The molecule has 1 aliphatic heterocycles. The molecule has 0 atom stereocenters. The molecule has 102 valence electrons. The summed E-state index contributed by atoms with van der Waals surface area (Å²) in [7, 11) is 1.66. The Balaban J connectivity index is 1.78. The van der Waals surface area contributed by atoms with Gasteiger partial charge in [0.2, 0.25) is 0 Å². The number of thioether (sulfide) groups is 1. The lowest BCUT2D eigenvalue weighted by Crippen LogP contribution is -2.21. The molecule has 1 saturated carbocycles. The first kappa shape index (κ1) is 13.1. The second-order valence-electron chi connectivity index (χ2n) is 5.11. The van der Waals surface area contributed by atoms with Crippen LogP contribution in [-0.2, 0) is 0 Å². The fourth-order valence-electron chi connectivity index (χ4n) is 2.68. The Morgan fingerprint density at radius 1 is 1.37 bits per heavy atom. The van der Waals surface area contributed by atoms with E-state index in [2.05, 4.69) is 5.32 Å². The lowest BCUT2D eigenvalue weighted by atomic mass is 10.0. The fourth-order valence-corrected chi connectivity index (χ4v) is 4.04. The van der Waals surface area contributed by atoms with Crippen molar-refractivity contribution < 1.29 is 4.74 Å². The van der Waals surface area contributed by atoms with Crippen molar-refractivity contribution in [1.82, 2.24) is 0 Å². The highest BCUT2D eigenvalue weighted by molar-refractivity contribution is 8.14. The van der Waals surface area contributed by atoms with E-state index in [0.29, 0.717) is 5.02 Å². The molecule has 1 N–H and O–H groups in total. The molecule has 1 fully saturated rings. The van der Waals surface area contributed by atoms with Crippen LogP contribution in [0.2, 0.25) is 5.02 Å². The molecule has 0 aromatic heterocycles. The van der Waals surface area contributed by atoms with E-state index in [9.17, 15) is 0 Å². The monoisotopic (exact) mass is 296 g/mol. The molecule has 3 nitrogen and oxygen atoms in total. The van der Waals surface area contributed by atoms with Crippen LogP contribution in [0.1, 0.15) is 25.7 Å². The molecular formula is C14H17ClN2OS. The average Bonchev–Trinajstić information content (AvgIpc) is 3.03. The van der Waals surface area contributed by atoms with Gasteiger partial charge in [0, 0.05) is 11.8 Å². The van der Waals surface area contributed by atoms with Gasteiger partial charge < -0.3 is 10.1 Å². The van der Waals surface area contributed by atoms with Crippen LogP contribution >= 0.6 is 23.4 Å². The second-order valence-corrected chi connectivity index (χ2v) is 6.48. The van der Waals surface area contributed by atoms with Gasteiger partial charge in [-0.05, 0) is 25.0 Å². The van der Waals surface area contributed by atoms with Gasteiger partial charge >= 0.3 is 0 Å². The van der Waals surface area contributed by atoms with Gasteiger partial charge in [-0.1, -0.05) is 36.2 Å². The van der Waals surface area contributed by atoms with Crippen LogP contribution < -0.4 is 10.1 Å². The highest BCUT2D eigenvalue weighted by Gasteiger charge is 2.38. The summed E-state index contributed by atoms with van der Waals surface area (Å²) < 4.78 is 5.22. The van der Waals surface area contributed by atoms with E-state index >= 15 is 0 Å². The molecule has 1 spiro atoms. The smallest absolute Gasteiger partial charge is 0.161 e. The van der Waals surface area contributed by atoms with Crippen molar-refractivity contribution in [2.75, 3.05) is 18.2 Å². The molecule has 0 amide bonds. The summed E-state index contributed by atoms with van der Waals surface area (Å²) >= 11 is 8.00. The highest BCUT2D eigenvalue weighted by atomic mass is 35.5. The number of hydrogen-bond acceptors (Lipinski definition) is 4. The van der Waals surface area contributed by atoms with E-state index in [-0.39, 0.29) is 5.54 Å². The zero-order valence-electron chi connectivity index (χ0n) is 10.9. The lowest BCUT2D eigenvalue weighted by Gasteiger charge is -2.16. The standard InChI is InChI=1S/C14H17ClN2OS/c1-18-10-4-5-11(15)12(8-10)16-13-17-14(9-19-13)6-2-3-7-14/h4-5,8H,2-3,6-7,9H2,1H3,(H,16,17). The molecule has 1 aromatic rings. The zero-order valence-corrected chi connectivity index (χ0v) is 12.5. The van der Waals surface area contributed by atoms with Crippen molar-refractivity contribution in [2.45, 2.75) is 31.2 Å². The number of nitrogens with zero attached hydrogens (tertiary/aromatic N) is 1. The van der Waals surface area contributed by atoms with E-state index in [1.807, 2.05) is 18.2 Å². The van der Waals surface area contributed by atoms with Crippen LogP contribution in [0.25, 0.3) is 0 Å². The van der Waals surface area contributed by atoms with Crippen molar-refractivity contribution >= 4 is 34.2 Å². The maximum atomic E-state index is 6.20. The number of halogens is 1. The maximum Gasteiger partial charge on any atom is 0.161 e. The van der Waals surface area contributed by atoms with Crippen LogP contribution in [0, 0.1) is 0 Å². The molecule has 0 bridgehead atoms. The topological polar surface area (TPSA) is 33.6 Å². The number of rotatable bonds is 2. The van der Waals surface area contributed by atoms with Crippen molar-refractivity contribution in [1.29, 1.82) is 0 Å². The Labute approximate surface area is 122 Å². The summed E-state index contributed by atoms with van der Waals surface area (Å²) in [5.74, 6) is 1.89. The molecular weight excluding hydrogens is 280 g/mol. The Bertz CT molecular complexity index is 512. The third-order valence-corrected chi connectivity index (χ3v) is 5.24. The van der Waals surface area contributed by atoms with Crippen LogP contribution in [-0.4, -0.2) is 23.6 Å². The first-order valence-corrected chi connectivity index (χ1v) is 7.90. The summed E-state index contributed by atoms with van der Waals surface area (Å²) in [6.07, 6.45) is 5.04. The molecule has 1 heterocycles. The number of anilines is 1. The van der Waals surface area contributed by atoms with Crippen molar-refractivity contribution in [3.63, 3.8) is 0 Å². The minimum Gasteiger partial charge on any atom is -0.497 e. The molecule has 0 radical (unpaired) electrons. The zero-order chi connectivity index (χ0) is 13.3. The Morgan fingerprint density at radius 2 is 2.16 bits per heavy atom. The predicted molar refractivity (Wildman–Crippen MR) is 82.7 cm³/mol. The molecule has 0 unspecified atom stereocenters. The number of amidine groups is 1. The minimum atomic E-state index is 0.193. The largest absolute Gasteiger partial charge is 0.497 e. The lowest BCUT2D eigenvalue weighted by molar-refractivity contribution is 0.415. The number of ether oxygens (including phenoxy) is 1. The van der Waals surface area contributed by atoms with Gasteiger partial charge in [0.25, 0.3) is 0 Å². The number of nitrogens with one attached hydrogen (secondary N) is 1. The molecule has 3 rings (SSSR count). The van der Waals surface area contributed by atoms with E-state index in [1.165, 1.54) is 25.7 Å². The van der Waals surface area contributed by atoms with E-state index < -0.39 is 0 Å². The number of aliphatic imine (C=N–C) groups is 1. The second kappa shape index (κ2) is 5.25. The number of benzene rings is 1. The van der Waals surface area contributed by atoms with Crippen LogP contribution in [0.3, 0.4) is 0 Å². The molecule has 19 heavy (non-hydrogen) atoms. The summed E-state index contributed by atoms with van der Waals surface area (Å²) in [6, 6.07) is 5.61. The van der Waals surface area contributed by atoms with Gasteiger partial charge in [0.15, 0.2) is 5.17 Å². The summed E-state index contributed by atoms with van der Waals surface area (Å²) in [5, 5.41) is 5.01. The van der Waals surface area contributed by atoms with Crippen molar-refractivity contribution in [3.05, 3.63) is 23.2 Å². The van der Waals surface area contributed by atoms with Gasteiger partial charge in [-0.15, -0.1) is 0 Å². The predicted octanol–water partition coefficient (Wildman–Crippen LogP) is 4.18. The summed E-state index contributed by atoms with van der Waals surface area (Å²) in [6.45, 7) is 0. The van der Waals surface area contributed by atoms with Crippen LogP contribution in [0.15, 0.2) is 23.2 Å². The van der Waals surface area contributed by atoms with Gasteiger partial charge in [0.1, 0.15) is 5.75 Å². The average molecular weight is 297 g/mol. The van der Waals surface area contributed by atoms with Gasteiger partial charge in [0.05, 0.1) is 23.4 Å². The normalized spacial score (nSPS) is 20.6. The summed E-state index contributed by atoms with van der Waals surface area (Å²) in [4.78, 5) is 4.88. The number of hydrogen-bond donors (Lipinski definition) is 1. The first-order valence-electron chi connectivity index (χ1n) is 6.54. The molecule has 2 aliphatic rings. The third-order valence-electron chi connectivity index (χ3n) is 3.77. The fraction of sp³-hybridized carbons (Fsp3) is 0.500. The minimum absolute atomic E-state index is 0.193. The van der Waals surface area contributed by atoms with E-state index in [0.717, 1.165) is 22.4 Å². The van der Waals surface area contributed by atoms with Crippen LogP contribution in [0.5, 0.6) is 5.75 Å². The van der Waals surface area contributed by atoms with Gasteiger partial charge in [-0.3, -0.25) is 4.99 Å². The summed E-state index contributed by atoms with van der Waals surface area (Å²) in [5.41, 5.74) is 1.06. The quantitative estimate of drug-likeness (QED) is 0.889. The SMILES string of the molecule is COc1ccc(Cl)c(NC2=NC3(CCCC3)CS2)c1. The van der Waals surface area contributed by atoms with Crippen LogP contribution in [0.4, 0.5) is 5.69 Å². The van der Waals surface area contributed by atoms with Gasteiger partial charge in [-0.2, -0.15) is 0 Å². The van der Waals surface area contributed by atoms with Crippen molar-refractivity contribution in [2.24, 2.45) is 4.99 Å². The highest BCUT2D eigenvalue weighted by Crippen LogP contribution is 2.41. The third kappa shape index (κ3) is 2.70. The molecule has 5 heteroatoms. The molecule has 1 aromatic carbocycles. The Kier molecular flexibility index (Phi) is 3.63. The van der Waals surface area contributed by atoms with Gasteiger partial charge in [-0.25, -0.2) is 0 Å². The van der Waals surface area contributed by atoms with E-state index in [1.54, 1.807) is 18.9 Å². The Hall–Kier alpha value is -0.870. The first-order chi connectivity index (χ1) is 9.21. The number of methoxy groups -OCH3 is 1. The Morgan fingerprint density at radius 3 is 2.89 bits per heavy atom. The maximum absolute atomic E-state index is 6.20. The molecule has 1 aliphatic carbocycles. The van der Waals surface area contributed by atoms with E-state index in [4.69, 9.17) is 21.3 Å². The molecule has 0 saturated heterocycles.